The van der Waals surface area contributed by atoms with Gasteiger partial charge in [0.1, 0.15) is 17.9 Å². The summed E-state index contributed by atoms with van der Waals surface area (Å²) in [6.07, 6.45) is 16.7. The van der Waals surface area contributed by atoms with E-state index in [9.17, 15) is 58.5 Å². The normalized spacial score (nSPS) is 9.83. The molecule has 4 aromatic carbocycles. The number of Topliss-reactive ketones (excluding diaryl/α,β-unsaturated/α-hetero) is 3. The molecule has 0 unspecified atom stereocenters. The zero-order valence-corrected chi connectivity index (χ0v) is 45.3. The molecule has 18 heteroatoms. The molecule has 398 valence electrons. The number of ketones is 3. The van der Waals surface area contributed by atoms with Crippen LogP contribution in [0.25, 0.3) is 44.1 Å². The molecule has 0 aliphatic rings. The molecule has 6 rings (SSSR count). The third-order valence-corrected chi connectivity index (χ3v) is 10.6. The van der Waals surface area contributed by atoms with Crippen LogP contribution in [0.15, 0.2) is 122 Å². The van der Waals surface area contributed by atoms with E-state index in [4.69, 9.17) is 0 Å². The van der Waals surface area contributed by atoms with E-state index in [1.807, 2.05) is 28.3 Å². The topological polar surface area (TPSA) is 285 Å². The number of aromatic nitrogens is 2. The molecule has 3 amide bonds. The fourth-order valence-corrected chi connectivity index (χ4v) is 6.70. The van der Waals surface area contributed by atoms with Gasteiger partial charge in [-0.05, 0) is 59.7 Å². The Kier molecular flexibility index (Phi) is 32.2. The number of fused-ring (bicyclic) bond motifs is 2. The summed E-state index contributed by atoms with van der Waals surface area (Å²) in [5.74, 6) is -10.1. The van der Waals surface area contributed by atoms with Crippen molar-refractivity contribution < 1.29 is 78.6 Å². The van der Waals surface area contributed by atoms with Crippen LogP contribution in [0.5, 0.6) is 0 Å². The number of hydrogen-bond acceptors (Lipinski definition) is 14. The third kappa shape index (κ3) is 26.6. The Bertz CT molecular complexity index is 2570. The number of pyridine rings is 2. The van der Waals surface area contributed by atoms with E-state index in [1.54, 1.807) is 0 Å². The number of carboxylic acids is 3. The number of nitrogens with one attached hydrogen (secondary N) is 3. The number of rotatable bonds is 21. The minimum Gasteiger partial charge on any atom is -0.542 e. The van der Waals surface area contributed by atoms with Gasteiger partial charge < -0.3 is 45.7 Å². The van der Waals surface area contributed by atoms with Gasteiger partial charge in [-0.1, -0.05) is 149 Å². The van der Waals surface area contributed by atoms with Gasteiger partial charge in [0.05, 0.1) is 31.0 Å². The summed E-state index contributed by atoms with van der Waals surface area (Å²) in [6, 6.07) is 38.9. The van der Waals surface area contributed by atoms with Crippen LogP contribution in [0, 0.1) is 0 Å². The Labute approximate surface area is 450 Å². The molecule has 0 spiro atoms. The van der Waals surface area contributed by atoms with Crippen LogP contribution in [-0.4, -0.2) is 82.6 Å². The van der Waals surface area contributed by atoms with Crippen LogP contribution in [-0.2, 0) is 76.1 Å². The van der Waals surface area contributed by atoms with E-state index in [0.29, 0.717) is 0 Å². The van der Waals surface area contributed by atoms with Crippen molar-refractivity contribution in [2.45, 2.75) is 98.8 Å². The Balaban J connectivity index is 0.000000495. The van der Waals surface area contributed by atoms with E-state index in [2.05, 4.69) is 133 Å². The number of benzene rings is 4. The largest absolute Gasteiger partial charge is 3.00 e. The van der Waals surface area contributed by atoms with E-state index >= 15 is 0 Å². The molecule has 3 N–H and O–H groups in total. The summed E-state index contributed by atoms with van der Waals surface area (Å²) in [6.45, 7) is 6.55. The molecule has 0 atom stereocenters. The summed E-state index contributed by atoms with van der Waals surface area (Å²) in [5.41, 5.74) is 7.43. The van der Waals surface area contributed by atoms with E-state index in [1.165, 1.54) is 129 Å². The van der Waals surface area contributed by atoms with Crippen LogP contribution >= 0.6 is 0 Å². The van der Waals surface area contributed by atoms with Crippen molar-refractivity contribution in [2.75, 3.05) is 19.6 Å². The summed E-state index contributed by atoms with van der Waals surface area (Å²) in [5, 5.41) is 40.1. The molecule has 6 aromatic rings. The molecule has 0 saturated heterocycles. The van der Waals surface area contributed by atoms with Crippen molar-refractivity contribution in [1.82, 2.24) is 25.9 Å². The molecular weight excluding hydrogens is 1140 g/mol. The number of aryl methyl sites for hydroxylation is 2. The second-order valence-corrected chi connectivity index (χ2v) is 16.6. The Morgan fingerprint density at radius 2 is 0.720 bits per heavy atom. The average molecular weight is 1200 g/mol. The van der Waals surface area contributed by atoms with Gasteiger partial charge in [0.2, 0.25) is 17.7 Å². The fourth-order valence-electron chi connectivity index (χ4n) is 6.70. The second kappa shape index (κ2) is 37.0. The molecule has 0 saturated carbocycles. The summed E-state index contributed by atoms with van der Waals surface area (Å²) in [7, 11) is 0. The van der Waals surface area contributed by atoms with Gasteiger partial charge in [0.15, 0.2) is 17.3 Å². The molecular formula is C57H64IrN5O12. The summed E-state index contributed by atoms with van der Waals surface area (Å²) in [4.78, 5) is 99.1. The minimum atomic E-state index is -1.78. The Morgan fingerprint density at radius 1 is 0.413 bits per heavy atom. The number of carboxylic acid groups (broad SMARTS) is 3. The molecule has 0 fully saturated rings. The average Bonchev–Trinajstić information content (AvgIpc) is 3.39. The number of amides is 3. The molecule has 17 nitrogen and oxygen atoms in total. The molecule has 2 aromatic heterocycles. The number of carbonyl (C=O) groups is 9. The van der Waals surface area contributed by atoms with Gasteiger partial charge in [-0.15, -0.1) is 0 Å². The summed E-state index contributed by atoms with van der Waals surface area (Å²) < 4.78 is 0. The first-order chi connectivity index (χ1) is 35.4. The molecule has 0 bridgehead atoms. The van der Waals surface area contributed by atoms with E-state index < -0.39 is 72.6 Å². The number of hydrogen-bond donors (Lipinski definition) is 3. The molecule has 0 aliphatic heterocycles. The molecule has 75 heavy (non-hydrogen) atoms. The number of aliphatic carboxylic acids is 3. The molecule has 0 aliphatic carbocycles. The van der Waals surface area contributed by atoms with Gasteiger partial charge >= 0.3 is 20.1 Å². The van der Waals surface area contributed by atoms with Gasteiger partial charge in [0.25, 0.3) is 0 Å². The van der Waals surface area contributed by atoms with Crippen molar-refractivity contribution in [3.8, 4) is 22.5 Å². The predicted octanol–water partition coefficient (Wildman–Crippen LogP) is 4.37. The van der Waals surface area contributed by atoms with Crippen LogP contribution in [0.1, 0.15) is 97.1 Å². The van der Waals surface area contributed by atoms with Crippen molar-refractivity contribution in [2.24, 2.45) is 0 Å². The van der Waals surface area contributed by atoms with Crippen molar-refractivity contribution in [1.29, 1.82) is 0 Å². The van der Waals surface area contributed by atoms with E-state index in [0.717, 1.165) is 11.4 Å². The van der Waals surface area contributed by atoms with Crippen molar-refractivity contribution in [3.05, 3.63) is 133 Å². The first kappa shape index (κ1) is 65.2. The number of carbonyl (C=O) groups excluding carboxylic acids is 9. The van der Waals surface area contributed by atoms with Crippen molar-refractivity contribution in [3.63, 3.8) is 0 Å². The maximum absolute atomic E-state index is 10.2. The Hall–Kier alpha value is -7.82. The SMILES string of the molecule is CC(=O)NCC(=O)C(=O)[O-].CC(=O)NCC(=O)C(=O)[O-].CC(=O)NCC(=O)C(=O)[O-].CCCCCCc1ccc(-c2nccc3ccccc23)cc1.CCCCCCc1ccc(-c2nccc3ccccc23)cc1.[Ir+3]. The van der Waals surface area contributed by atoms with Gasteiger partial charge in [0, 0.05) is 55.1 Å². The van der Waals surface area contributed by atoms with E-state index in [-0.39, 0.29) is 20.1 Å². The van der Waals surface area contributed by atoms with Crippen LogP contribution < -0.4 is 31.3 Å². The van der Waals surface area contributed by atoms with Crippen molar-refractivity contribution >= 4 is 74.5 Å². The second-order valence-electron chi connectivity index (χ2n) is 16.6. The Morgan fingerprint density at radius 3 is 1.00 bits per heavy atom. The molecule has 0 radical (unpaired) electrons. The van der Waals surface area contributed by atoms with Gasteiger partial charge in [-0.2, -0.15) is 0 Å². The maximum atomic E-state index is 10.2. The predicted molar refractivity (Wildman–Crippen MR) is 276 cm³/mol. The maximum Gasteiger partial charge on any atom is 3.00 e. The minimum absolute atomic E-state index is 0. The molecule has 2 heterocycles. The van der Waals surface area contributed by atoms with Crippen LogP contribution in [0.4, 0.5) is 0 Å². The third-order valence-electron chi connectivity index (χ3n) is 10.6. The first-order valence-corrected chi connectivity index (χ1v) is 24.2. The van der Waals surface area contributed by atoms with Crippen LogP contribution in [0.2, 0.25) is 0 Å². The number of unbranched alkanes of at least 4 members (excludes halogenated alkanes) is 6. The van der Waals surface area contributed by atoms with Gasteiger partial charge in [-0.25, -0.2) is 0 Å². The zero-order valence-electron chi connectivity index (χ0n) is 42.9. The summed E-state index contributed by atoms with van der Waals surface area (Å²) >= 11 is 0. The standard InChI is InChI=1S/2C21H23N.3C5H7NO4.Ir/c2*1-2-3-4-5-8-17-11-13-19(14-12-17)21-20-10-7-6-9-18(20)15-16-22-21;3*1-3(7)6-2-4(8)5(9)10;/h2*6-7,9-16H,2-5,8H2,1H3;3*2H2,1H3,(H,6,7)(H,9,10);/q;;;;;+3/p-3. The van der Waals surface area contributed by atoms with Gasteiger partial charge in [-0.3, -0.25) is 38.7 Å². The zero-order chi connectivity index (χ0) is 54.8. The fraction of sp³-hybridized carbons (Fsp3) is 0.316. The number of nitrogens with zero attached hydrogens (tertiary/aromatic N) is 2. The monoisotopic (exact) mass is 1200 g/mol. The smallest absolute Gasteiger partial charge is 0.542 e. The first-order valence-electron chi connectivity index (χ1n) is 24.2. The van der Waals surface area contributed by atoms with Crippen LogP contribution in [0.3, 0.4) is 0 Å². The quantitative estimate of drug-likeness (QED) is 0.0667.